The Hall–Kier alpha value is -3.03. The number of rotatable bonds is 5. The van der Waals surface area contributed by atoms with Crippen molar-refractivity contribution in [1.29, 1.82) is 0 Å². The normalized spacial score (nSPS) is 17.1. The highest BCUT2D eigenvalue weighted by atomic mass is 35.5. The zero-order valence-corrected chi connectivity index (χ0v) is 21.7. The zero-order valence-electron chi connectivity index (χ0n) is 21.0. The molecule has 1 aromatic heterocycles. The standard InChI is InChI=1S/C28H33ClFN5O/c1-21-3-6-24(7-4-21)33-13-15-35(16-14-33)28(36)27-17-22(19-31(27)2)20-32-9-11-34(12-10-32)26-8-5-23(30)18-25(26)29/h3-8,17-19H,9-16,20H2,1-2H3. The molecular formula is C28H33ClFN5O. The van der Waals surface area contributed by atoms with Crippen molar-refractivity contribution < 1.29 is 9.18 Å². The summed E-state index contributed by atoms with van der Waals surface area (Å²) in [7, 11) is 1.95. The van der Waals surface area contributed by atoms with Crippen LogP contribution in [0.1, 0.15) is 21.6 Å². The molecule has 2 aliphatic heterocycles. The summed E-state index contributed by atoms with van der Waals surface area (Å²) in [6, 6.07) is 15.2. The molecule has 1 amide bonds. The lowest BCUT2D eigenvalue weighted by Gasteiger charge is -2.36. The van der Waals surface area contributed by atoms with E-state index in [1.54, 1.807) is 6.07 Å². The smallest absolute Gasteiger partial charge is 0.270 e. The molecule has 2 aliphatic rings. The van der Waals surface area contributed by atoms with E-state index in [2.05, 4.69) is 52.1 Å². The van der Waals surface area contributed by atoms with Gasteiger partial charge in [0.25, 0.3) is 5.91 Å². The van der Waals surface area contributed by atoms with Crippen molar-refractivity contribution in [3.63, 3.8) is 0 Å². The first-order valence-electron chi connectivity index (χ1n) is 12.6. The SMILES string of the molecule is Cc1ccc(N2CCN(C(=O)c3cc(CN4CCN(c5ccc(F)cc5Cl)CC4)cn3C)CC2)cc1. The summed E-state index contributed by atoms with van der Waals surface area (Å²) < 4.78 is 15.3. The van der Waals surface area contributed by atoms with Crippen LogP contribution in [0, 0.1) is 12.7 Å². The summed E-state index contributed by atoms with van der Waals surface area (Å²) in [6.07, 6.45) is 2.07. The number of piperazine rings is 2. The Balaban J connectivity index is 1.15. The van der Waals surface area contributed by atoms with Gasteiger partial charge in [-0.2, -0.15) is 0 Å². The molecule has 3 aromatic rings. The fraction of sp³-hybridized carbons (Fsp3) is 0.393. The summed E-state index contributed by atoms with van der Waals surface area (Å²) >= 11 is 6.25. The number of anilines is 2. The third-order valence-electron chi connectivity index (χ3n) is 7.28. The lowest BCUT2D eigenvalue weighted by Crippen LogP contribution is -2.49. The largest absolute Gasteiger partial charge is 0.368 e. The van der Waals surface area contributed by atoms with E-state index in [1.165, 1.54) is 23.4 Å². The number of amides is 1. The van der Waals surface area contributed by atoms with Crippen LogP contribution in [0.25, 0.3) is 0 Å². The average molecular weight is 510 g/mol. The Morgan fingerprint density at radius 2 is 1.56 bits per heavy atom. The third-order valence-corrected chi connectivity index (χ3v) is 7.58. The van der Waals surface area contributed by atoms with Crippen molar-refractivity contribution in [3.8, 4) is 0 Å². The van der Waals surface area contributed by atoms with E-state index in [-0.39, 0.29) is 11.7 Å². The predicted octanol–water partition coefficient (Wildman–Crippen LogP) is 4.41. The van der Waals surface area contributed by atoms with Crippen LogP contribution in [0.4, 0.5) is 15.8 Å². The Kier molecular flexibility index (Phi) is 7.21. The van der Waals surface area contributed by atoms with Gasteiger partial charge in [0.15, 0.2) is 0 Å². The first-order chi connectivity index (χ1) is 17.4. The highest BCUT2D eigenvalue weighted by molar-refractivity contribution is 6.33. The number of halogens is 2. The Bertz CT molecular complexity index is 1210. The van der Waals surface area contributed by atoms with Crippen LogP contribution in [0.3, 0.4) is 0 Å². The second-order valence-electron chi connectivity index (χ2n) is 9.82. The summed E-state index contributed by atoms with van der Waals surface area (Å²) in [6.45, 7) is 9.45. The van der Waals surface area contributed by atoms with Gasteiger partial charge in [0.05, 0.1) is 10.7 Å². The highest BCUT2D eigenvalue weighted by Gasteiger charge is 2.25. The molecule has 0 bridgehead atoms. The lowest BCUT2D eigenvalue weighted by molar-refractivity contribution is 0.0737. The van der Waals surface area contributed by atoms with Gasteiger partial charge in [-0.1, -0.05) is 29.3 Å². The lowest BCUT2D eigenvalue weighted by atomic mass is 10.2. The quantitative estimate of drug-likeness (QED) is 0.510. The molecule has 0 spiro atoms. The Morgan fingerprint density at radius 1 is 0.889 bits per heavy atom. The molecule has 0 N–H and O–H groups in total. The maximum Gasteiger partial charge on any atom is 0.270 e. The fourth-order valence-corrected chi connectivity index (χ4v) is 5.45. The molecule has 2 fully saturated rings. The van der Waals surface area contributed by atoms with Crippen LogP contribution in [-0.4, -0.2) is 72.6 Å². The van der Waals surface area contributed by atoms with Crippen molar-refractivity contribution in [3.05, 3.63) is 82.4 Å². The van der Waals surface area contributed by atoms with E-state index in [4.69, 9.17) is 11.6 Å². The molecule has 0 aliphatic carbocycles. The van der Waals surface area contributed by atoms with Crippen LogP contribution in [0.2, 0.25) is 5.02 Å². The van der Waals surface area contributed by atoms with Gasteiger partial charge in [-0.3, -0.25) is 9.69 Å². The van der Waals surface area contributed by atoms with E-state index >= 15 is 0 Å². The number of hydrogen-bond acceptors (Lipinski definition) is 4. The van der Waals surface area contributed by atoms with Crippen molar-refractivity contribution in [2.75, 3.05) is 62.2 Å². The Labute approximate surface area is 217 Å². The van der Waals surface area contributed by atoms with Gasteiger partial charge in [0.1, 0.15) is 11.5 Å². The van der Waals surface area contributed by atoms with Crippen LogP contribution in [0.5, 0.6) is 0 Å². The molecule has 6 nitrogen and oxygen atoms in total. The topological polar surface area (TPSA) is 35.0 Å². The molecular weight excluding hydrogens is 477 g/mol. The number of hydrogen-bond donors (Lipinski definition) is 0. The zero-order chi connectivity index (χ0) is 25.2. The minimum absolute atomic E-state index is 0.100. The molecule has 0 radical (unpaired) electrons. The Morgan fingerprint density at radius 3 is 2.22 bits per heavy atom. The monoisotopic (exact) mass is 509 g/mol. The summed E-state index contributed by atoms with van der Waals surface area (Å²) in [5.74, 6) is -0.215. The van der Waals surface area contributed by atoms with Crippen LogP contribution >= 0.6 is 11.6 Å². The molecule has 0 saturated carbocycles. The number of carbonyl (C=O) groups is 1. The maximum atomic E-state index is 13.4. The van der Waals surface area contributed by atoms with Crippen LogP contribution < -0.4 is 9.80 Å². The van der Waals surface area contributed by atoms with E-state index in [9.17, 15) is 9.18 Å². The molecule has 2 aromatic carbocycles. The van der Waals surface area contributed by atoms with Crippen LogP contribution in [0.15, 0.2) is 54.7 Å². The van der Waals surface area contributed by atoms with Gasteiger partial charge in [-0.25, -0.2) is 4.39 Å². The number of aryl methyl sites for hydroxylation is 2. The molecule has 0 atom stereocenters. The molecule has 0 unspecified atom stereocenters. The maximum absolute atomic E-state index is 13.4. The third kappa shape index (κ3) is 5.37. The fourth-order valence-electron chi connectivity index (χ4n) is 5.16. The second-order valence-corrected chi connectivity index (χ2v) is 10.2. The van der Waals surface area contributed by atoms with Crippen molar-refractivity contribution in [1.82, 2.24) is 14.4 Å². The van der Waals surface area contributed by atoms with Gasteiger partial charge in [0.2, 0.25) is 0 Å². The number of nitrogens with zero attached hydrogens (tertiary/aromatic N) is 5. The first-order valence-corrected chi connectivity index (χ1v) is 12.9. The minimum Gasteiger partial charge on any atom is -0.368 e. The van der Waals surface area contributed by atoms with E-state index in [0.29, 0.717) is 5.02 Å². The van der Waals surface area contributed by atoms with Gasteiger partial charge < -0.3 is 19.3 Å². The second kappa shape index (κ2) is 10.5. The molecule has 3 heterocycles. The van der Waals surface area contributed by atoms with Gasteiger partial charge >= 0.3 is 0 Å². The molecule has 190 valence electrons. The average Bonchev–Trinajstić information content (AvgIpc) is 3.24. The highest BCUT2D eigenvalue weighted by Crippen LogP contribution is 2.28. The van der Waals surface area contributed by atoms with Gasteiger partial charge in [-0.15, -0.1) is 0 Å². The van der Waals surface area contributed by atoms with Crippen LogP contribution in [-0.2, 0) is 13.6 Å². The predicted molar refractivity (Wildman–Crippen MR) is 144 cm³/mol. The molecule has 5 rings (SSSR count). The minimum atomic E-state index is -0.315. The number of benzene rings is 2. The number of aromatic nitrogens is 1. The van der Waals surface area contributed by atoms with Gasteiger partial charge in [0, 0.05) is 77.8 Å². The summed E-state index contributed by atoms with van der Waals surface area (Å²) in [5, 5.41) is 0.453. The number of carbonyl (C=O) groups excluding carboxylic acids is 1. The van der Waals surface area contributed by atoms with Crippen molar-refractivity contribution in [2.24, 2.45) is 7.05 Å². The first kappa shape index (κ1) is 24.7. The molecule has 2 saturated heterocycles. The van der Waals surface area contributed by atoms with E-state index < -0.39 is 0 Å². The molecule has 36 heavy (non-hydrogen) atoms. The summed E-state index contributed by atoms with van der Waals surface area (Å²) in [4.78, 5) is 22.2. The van der Waals surface area contributed by atoms with Crippen molar-refractivity contribution in [2.45, 2.75) is 13.5 Å². The summed E-state index contributed by atoms with van der Waals surface area (Å²) in [5.41, 5.74) is 5.24. The van der Waals surface area contributed by atoms with Crippen molar-refractivity contribution >= 4 is 28.9 Å². The van der Waals surface area contributed by atoms with E-state index in [1.807, 2.05) is 22.6 Å². The molecule has 8 heteroatoms. The van der Waals surface area contributed by atoms with E-state index in [0.717, 1.165) is 75.8 Å². The van der Waals surface area contributed by atoms with Gasteiger partial charge in [-0.05, 0) is 48.9 Å².